The van der Waals surface area contributed by atoms with Crippen molar-refractivity contribution >= 4 is 51.5 Å². The number of aromatic nitrogens is 1. The molecule has 1 amide bonds. The first kappa shape index (κ1) is 22.7. The number of hydrogen-bond acceptors (Lipinski definition) is 4. The van der Waals surface area contributed by atoms with E-state index in [1.807, 2.05) is 18.2 Å². The fourth-order valence-corrected chi connectivity index (χ4v) is 4.37. The summed E-state index contributed by atoms with van der Waals surface area (Å²) in [6.07, 6.45) is 1.67. The van der Waals surface area contributed by atoms with Gasteiger partial charge in [0.15, 0.2) is 6.10 Å². The van der Waals surface area contributed by atoms with Gasteiger partial charge < -0.3 is 15.0 Å². The highest BCUT2D eigenvalue weighted by Crippen LogP contribution is 2.30. The van der Waals surface area contributed by atoms with E-state index >= 15 is 0 Å². The van der Waals surface area contributed by atoms with Crippen LogP contribution in [0, 0.1) is 12.8 Å². The maximum absolute atomic E-state index is 12.7. The first-order valence-electron chi connectivity index (χ1n) is 10.9. The Morgan fingerprint density at radius 1 is 1.16 bits per heavy atom. The molecule has 2 heterocycles. The minimum atomic E-state index is -0.729. The Morgan fingerprint density at radius 3 is 2.62 bits per heavy atom. The molecule has 1 N–H and O–H groups in total. The first-order valence-corrected chi connectivity index (χ1v) is 11.6. The second-order valence-corrected chi connectivity index (χ2v) is 9.37. The van der Waals surface area contributed by atoms with Gasteiger partial charge in [0.2, 0.25) is 0 Å². The number of nitrogens with one attached hydrogen (secondary N) is 1. The number of amides is 1. The van der Waals surface area contributed by atoms with Gasteiger partial charge in [-0.1, -0.05) is 30.1 Å². The Bertz CT molecular complexity index is 1140. The van der Waals surface area contributed by atoms with E-state index in [9.17, 15) is 4.79 Å². The van der Waals surface area contributed by atoms with Crippen LogP contribution in [0.25, 0.3) is 10.9 Å². The largest absolute Gasteiger partial charge is 0.479 e. The lowest BCUT2D eigenvalue weighted by Gasteiger charge is -2.31. The van der Waals surface area contributed by atoms with E-state index < -0.39 is 6.10 Å². The Hall–Kier alpha value is -2.50. The number of carbonyl (C=O) groups is 1. The quantitative estimate of drug-likeness (QED) is 0.461. The Kier molecular flexibility index (Phi) is 6.77. The third-order valence-electron chi connectivity index (χ3n) is 5.94. The fourth-order valence-electron chi connectivity index (χ4n) is 3.91. The van der Waals surface area contributed by atoms with Crippen LogP contribution in [-0.2, 0) is 4.79 Å². The van der Waals surface area contributed by atoms with Gasteiger partial charge in [-0.15, -0.1) is 0 Å². The smallest absolute Gasteiger partial charge is 0.265 e. The third kappa shape index (κ3) is 5.11. The number of aryl methyl sites for hydroxylation is 1. The molecule has 1 aromatic heterocycles. The van der Waals surface area contributed by atoms with Crippen molar-refractivity contribution in [1.82, 2.24) is 4.98 Å². The molecule has 1 atom stereocenters. The molecule has 168 valence electrons. The van der Waals surface area contributed by atoms with Crippen molar-refractivity contribution < 1.29 is 9.53 Å². The van der Waals surface area contributed by atoms with E-state index in [2.05, 4.69) is 30.1 Å². The van der Waals surface area contributed by atoms with E-state index in [1.54, 1.807) is 25.1 Å². The first-order chi connectivity index (χ1) is 15.3. The van der Waals surface area contributed by atoms with Crippen LogP contribution >= 0.6 is 23.2 Å². The minimum absolute atomic E-state index is 0.264. The standard InChI is InChI=1S/C25H27Cl2N3O2/c1-15-8-10-30(11-9-15)24-12-16(2)20-14-19(5-6-22(20)29-24)28-25(31)17(3)32-23-7-4-18(26)13-21(23)27/h4-7,12-15,17H,8-11H2,1-3H3,(H,28,31). The zero-order valence-electron chi connectivity index (χ0n) is 18.5. The van der Waals surface area contributed by atoms with Gasteiger partial charge in [0.1, 0.15) is 11.6 Å². The van der Waals surface area contributed by atoms with Crippen molar-refractivity contribution in [2.24, 2.45) is 5.92 Å². The SMILES string of the molecule is Cc1cc(N2CCC(C)CC2)nc2ccc(NC(=O)C(C)Oc3ccc(Cl)cc3Cl)cc12. The number of nitrogens with zero attached hydrogens (tertiary/aromatic N) is 2. The van der Waals surface area contributed by atoms with Crippen LogP contribution in [0.1, 0.15) is 32.3 Å². The Morgan fingerprint density at radius 2 is 1.91 bits per heavy atom. The number of pyridine rings is 1. The molecule has 5 nitrogen and oxygen atoms in total. The molecule has 0 bridgehead atoms. The normalized spacial score (nSPS) is 15.6. The molecule has 2 aromatic carbocycles. The number of rotatable bonds is 5. The van der Waals surface area contributed by atoms with Gasteiger partial charge in [-0.25, -0.2) is 4.98 Å². The van der Waals surface area contributed by atoms with Crippen molar-refractivity contribution in [3.05, 3.63) is 58.1 Å². The third-order valence-corrected chi connectivity index (χ3v) is 6.47. The molecule has 1 saturated heterocycles. The lowest BCUT2D eigenvalue weighted by molar-refractivity contribution is -0.122. The molecule has 32 heavy (non-hydrogen) atoms. The summed E-state index contributed by atoms with van der Waals surface area (Å²) < 4.78 is 5.72. The number of halogens is 2. The van der Waals surface area contributed by atoms with Crippen LogP contribution in [0.15, 0.2) is 42.5 Å². The van der Waals surface area contributed by atoms with Gasteiger partial charge in [-0.3, -0.25) is 4.79 Å². The molecule has 7 heteroatoms. The highest BCUT2D eigenvalue weighted by Gasteiger charge is 2.19. The molecule has 1 fully saturated rings. The molecule has 0 saturated carbocycles. The van der Waals surface area contributed by atoms with Gasteiger partial charge >= 0.3 is 0 Å². The molecular weight excluding hydrogens is 445 g/mol. The van der Waals surface area contributed by atoms with E-state index in [4.69, 9.17) is 32.9 Å². The lowest BCUT2D eigenvalue weighted by Crippen LogP contribution is -2.33. The van der Waals surface area contributed by atoms with E-state index in [-0.39, 0.29) is 5.91 Å². The van der Waals surface area contributed by atoms with Crippen LogP contribution in [-0.4, -0.2) is 30.1 Å². The van der Waals surface area contributed by atoms with Crippen molar-refractivity contribution in [3.63, 3.8) is 0 Å². The number of fused-ring (bicyclic) bond motifs is 1. The zero-order chi connectivity index (χ0) is 22.8. The van der Waals surface area contributed by atoms with Crippen LogP contribution in [0.5, 0.6) is 5.75 Å². The zero-order valence-corrected chi connectivity index (χ0v) is 20.0. The summed E-state index contributed by atoms with van der Waals surface area (Å²) in [7, 11) is 0. The van der Waals surface area contributed by atoms with Gasteiger partial charge in [-0.2, -0.15) is 0 Å². The molecule has 1 aliphatic rings. The maximum atomic E-state index is 12.7. The van der Waals surface area contributed by atoms with Crippen LogP contribution in [0.3, 0.4) is 0 Å². The lowest BCUT2D eigenvalue weighted by atomic mass is 9.99. The number of piperidine rings is 1. The molecule has 0 radical (unpaired) electrons. The van der Waals surface area contributed by atoms with Crippen molar-refractivity contribution in [2.75, 3.05) is 23.3 Å². The van der Waals surface area contributed by atoms with E-state index in [1.165, 1.54) is 12.8 Å². The summed E-state index contributed by atoms with van der Waals surface area (Å²) in [4.78, 5) is 19.9. The molecule has 1 unspecified atom stereocenters. The molecule has 1 aliphatic heterocycles. The predicted molar refractivity (Wildman–Crippen MR) is 132 cm³/mol. The van der Waals surface area contributed by atoms with Crippen LogP contribution < -0.4 is 15.0 Å². The Balaban J connectivity index is 1.47. The summed E-state index contributed by atoms with van der Waals surface area (Å²) in [6, 6.07) is 12.8. The number of benzene rings is 2. The highest BCUT2D eigenvalue weighted by molar-refractivity contribution is 6.35. The highest BCUT2D eigenvalue weighted by atomic mass is 35.5. The van der Waals surface area contributed by atoms with Crippen LogP contribution in [0.2, 0.25) is 10.0 Å². The summed E-state index contributed by atoms with van der Waals surface area (Å²) in [5, 5.41) is 4.82. The minimum Gasteiger partial charge on any atom is -0.479 e. The van der Waals surface area contributed by atoms with Gasteiger partial charge in [0.05, 0.1) is 10.5 Å². The van der Waals surface area contributed by atoms with Gasteiger partial charge in [0.25, 0.3) is 5.91 Å². The van der Waals surface area contributed by atoms with Crippen LogP contribution in [0.4, 0.5) is 11.5 Å². The van der Waals surface area contributed by atoms with Gasteiger partial charge in [-0.05, 0) is 80.6 Å². The van der Waals surface area contributed by atoms with Crippen molar-refractivity contribution in [2.45, 2.75) is 39.7 Å². The fraction of sp³-hybridized carbons (Fsp3) is 0.360. The average molecular weight is 472 g/mol. The topological polar surface area (TPSA) is 54.5 Å². The second kappa shape index (κ2) is 9.55. The maximum Gasteiger partial charge on any atom is 0.265 e. The van der Waals surface area contributed by atoms with Crippen molar-refractivity contribution in [3.8, 4) is 5.75 Å². The molecule has 3 aromatic rings. The Labute approximate surface area is 198 Å². The number of hydrogen-bond donors (Lipinski definition) is 1. The molecule has 4 rings (SSSR count). The molecule has 0 aliphatic carbocycles. The number of ether oxygens (including phenoxy) is 1. The second-order valence-electron chi connectivity index (χ2n) is 8.52. The number of carbonyl (C=O) groups excluding carboxylic acids is 1. The van der Waals surface area contributed by atoms with E-state index in [0.717, 1.165) is 41.3 Å². The number of anilines is 2. The summed E-state index contributed by atoms with van der Waals surface area (Å²) in [5.74, 6) is 1.96. The molecule has 0 spiro atoms. The average Bonchev–Trinajstić information content (AvgIpc) is 2.76. The van der Waals surface area contributed by atoms with Gasteiger partial charge in [0, 0.05) is 29.2 Å². The summed E-state index contributed by atoms with van der Waals surface area (Å²) >= 11 is 12.1. The monoisotopic (exact) mass is 471 g/mol. The summed E-state index contributed by atoms with van der Waals surface area (Å²) in [6.45, 7) is 8.16. The summed E-state index contributed by atoms with van der Waals surface area (Å²) in [5.41, 5.74) is 2.76. The predicted octanol–water partition coefficient (Wildman–Crippen LogP) is 6.49. The van der Waals surface area contributed by atoms with Crippen molar-refractivity contribution in [1.29, 1.82) is 0 Å². The molecular formula is C25H27Cl2N3O2. The van der Waals surface area contributed by atoms with E-state index in [0.29, 0.717) is 21.5 Å².